The van der Waals surface area contributed by atoms with E-state index in [1.165, 1.54) is 18.5 Å². The van der Waals surface area contributed by atoms with Crippen molar-refractivity contribution in [1.82, 2.24) is 29.9 Å². The zero-order valence-electron chi connectivity index (χ0n) is 12.2. The fourth-order valence-electron chi connectivity index (χ4n) is 2.91. The van der Waals surface area contributed by atoms with Crippen molar-refractivity contribution in [3.8, 4) is 0 Å². The molecule has 1 aliphatic heterocycles. The lowest BCUT2D eigenvalue weighted by Crippen LogP contribution is -2.25. The lowest BCUT2D eigenvalue weighted by atomic mass is 10.1. The van der Waals surface area contributed by atoms with Crippen LogP contribution in [0.2, 0.25) is 0 Å². The lowest BCUT2D eigenvalue weighted by Gasteiger charge is -2.23. The molecule has 2 aromatic rings. The summed E-state index contributed by atoms with van der Waals surface area (Å²) in [5, 5.41) is 11.5. The maximum absolute atomic E-state index is 4.43. The molecular formula is C14H22N6. The number of H-pyrrole nitrogens is 1. The van der Waals surface area contributed by atoms with Crippen LogP contribution in [0.25, 0.3) is 0 Å². The summed E-state index contributed by atoms with van der Waals surface area (Å²) in [5.41, 5.74) is 1.21. The predicted molar refractivity (Wildman–Crippen MR) is 75.8 cm³/mol. The highest BCUT2D eigenvalue weighted by Crippen LogP contribution is 2.31. The Kier molecular flexibility index (Phi) is 3.82. The van der Waals surface area contributed by atoms with Gasteiger partial charge in [-0.05, 0) is 31.4 Å². The summed E-state index contributed by atoms with van der Waals surface area (Å²) in [6.07, 6.45) is 5.90. The maximum atomic E-state index is 4.43. The van der Waals surface area contributed by atoms with Gasteiger partial charge < -0.3 is 0 Å². The van der Waals surface area contributed by atoms with E-state index < -0.39 is 0 Å². The fourth-order valence-corrected chi connectivity index (χ4v) is 2.91. The Labute approximate surface area is 119 Å². The first-order valence-electron chi connectivity index (χ1n) is 7.34. The molecule has 0 aromatic carbocycles. The van der Waals surface area contributed by atoms with E-state index in [0.717, 1.165) is 25.5 Å². The van der Waals surface area contributed by atoms with Crippen LogP contribution in [0.3, 0.4) is 0 Å². The van der Waals surface area contributed by atoms with Crippen LogP contribution in [0.15, 0.2) is 18.6 Å². The molecule has 2 aromatic heterocycles. The molecule has 20 heavy (non-hydrogen) atoms. The van der Waals surface area contributed by atoms with Gasteiger partial charge in [-0.1, -0.05) is 13.8 Å². The summed E-state index contributed by atoms with van der Waals surface area (Å²) < 4.78 is 2.03. The minimum absolute atomic E-state index is 0.432. The van der Waals surface area contributed by atoms with Crippen LogP contribution < -0.4 is 0 Å². The molecule has 0 radical (unpaired) electrons. The van der Waals surface area contributed by atoms with Crippen LogP contribution in [0, 0.1) is 5.92 Å². The third kappa shape index (κ3) is 2.75. The highest BCUT2D eigenvalue weighted by atomic mass is 15.4. The van der Waals surface area contributed by atoms with E-state index in [2.05, 4.69) is 45.1 Å². The van der Waals surface area contributed by atoms with Gasteiger partial charge in [0.15, 0.2) is 0 Å². The van der Waals surface area contributed by atoms with Gasteiger partial charge in [-0.25, -0.2) is 9.67 Å². The Morgan fingerprint density at radius 2 is 2.35 bits per heavy atom. The van der Waals surface area contributed by atoms with Crippen molar-refractivity contribution in [3.63, 3.8) is 0 Å². The van der Waals surface area contributed by atoms with Crippen LogP contribution in [0.1, 0.15) is 44.2 Å². The molecule has 1 atom stereocenters. The van der Waals surface area contributed by atoms with Gasteiger partial charge in [-0.2, -0.15) is 10.2 Å². The highest BCUT2D eigenvalue weighted by Gasteiger charge is 2.28. The summed E-state index contributed by atoms with van der Waals surface area (Å²) in [4.78, 5) is 6.90. The number of nitrogens with zero attached hydrogens (tertiary/aromatic N) is 5. The van der Waals surface area contributed by atoms with Gasteiger partial charge in [0.2, 0.25) is 0 Å². The molecule has 1 saturated heterocycles. The van der Waals surface area contributed by atoms with E-state index >= 15 is 0 Å². The second-order valence-corrected chi connectivity index (χ2v) is 5.89. The molecule has 3 rings (SSSR count). The molecule has 0 amide bonds. The van der Waals surface area contributed by atoms with Gasteiger partial charge in [-0.15, -0.1) is 0 Å². The molecule has 6 nitrogen and oxygen atoms in total. The van der Waals surface area contributed by atoms with Crippen molar-refractivity contribution in [2.75, 3.05) is 6.54 Å². The summed E-state index contributed by atoms with van der Waals surface area (Å²) in [5.74, 6) is 1.64. The molecule has 1 N–H and O–H groups in total. The number of aromatic nitrogens is 5. The molecule has 1 fully saturated rings. The Bertz CT molecular complexity index is 530. The first-order valence-corrected chi connectivity index (χ1v) is 7.34. The molecule has 0 spiro atoms. The van der Waals surface area contributed by atoms with Crippen LogP contribution >= 0.6 is 0 Å². The van der Waals surface area contributed by atoms with E-state index in [1.807, 2.05) is 10.9 Å². The minimum Gasteiger partial charge on any atom is -0.287 e. The Balaban J connectivity index is 1.72. The topological polar surface area (TPSA) is 62.6 Å². The number of likely N-dealkylation sites (tertiary alicyclic amines) is 1. The van der Waals surface area contributed by atoms with E-state index in [9.17, 15) is 0 Å². The van der Waals surface area contributed by atoms with Gasteiger partial charge in [0.1, 0.15) is 12.2 Å². The predicted octanol–water partition coefficient (Wildman–Crippen LogP) is 1.99. The monoisotopic (exact) mass is 274 g/mol. The van der Waals surface area contributed by atoms with E-state index in [-0.39, 0.29) is 0 Å². The first kappa shape index (κ1) is 13.3. The van der Waals surface area contributed by atoms with E-state index in [4.69, 9.17) is 0 Å². The average molecular weight is 274 g/mol. The van der Waals surface area contributed by atoms with Crippen molar-refractivity contribution in [2.24, 2.45) is 5.92 Å². The number of nitrogens with one attached hydrogen (secondary N) is 1. The molecule has 108 valence electrons. The molecule has 1 aliphatic rings. The quantitative estimate of drug-likeness (QED) is 0.905. The third-order valence-electron chi connectivity index (χ3n) is 3.82. The smallest absolute Gasteiger partial charge is 0.141 e. The van der Waals surface area contributed by atoms with Gasteiger partial charge in [0.25, 0.3) is 0 Å². The summed E-state index contributed by atoms with van der Waals surface area (Å²) in [6.45, 7) is 7.30. The van der Waals surface area contributed by atoms with Crippen LogP contribution in [0.4, 0.5) is 0 Å². The van der Waals surface area contributed by atoms with Crippen molar-refractivity contribution >= 4 is 0 Å². The van der Waals surface area contributed by atoms with Crippen molar-refractivity contribution < 1.29 is 0 Å². The van der Waals surface area contributed by atoms with Crippen molar-refractivity contribution in [3.05, 3.63) is 30.1 Å². The molecule has 0 bridgehead atoms. The number of aromatic amines is 1. The van der Waals surface area contributed by atoms with Crippen LogP contribution in [0.5, 0.6) is 0 Å². The highest BCUT2D eigenvalue weighted by molar-refractivity contribution is 5.07. The molecule has 0 unspecified atom stereocenters. The Morgan fingerprint density at radius 1 is 1.45 bits per heavy atom. The Hall–Kier alpha value is -1.69. The number of hydrogen-bond donors (Lipinski definition) is 1. The summed E-state index contributed by atoms with van der Waals surface area (Å²) >= 11 is 0. The Morgan fingerprint density at radius 3 is 3.10 bits per heavy atom. The average Bonchev–Trinajstić information content (AvgIpc) is 3.11. The molecule has 6 heteroatoms. The van der Waals surface area contributed by atoms with E-state index in [0.29, 0.717) is 12.0 Å². The zero-order valence-corrected chi connectivity index (χ0v) is 12.2. The normalized spacial score (nSPS) is 20.1. The zero-order chi connectivity index (χ0) is 13.9. The first-order chi connectivity index (χ1) is 9.74. The lowest BCUT2D eigenvalue weighted by molar-refractivity contribution is 0.231. The molecule has 3 heterocycles. The summed E-state index contributed by atoms with van der Waals surface area (Å²) in [6, 6.07) is 2.50. The van der Waals surface area contributed by atoms with Gasteiger partial charge in [0, 0.05) is 12.7 Å². The van der Waals surface area contributed by atoms with E-state index in [1.54, 1.807) is 6.33 Å². The van der Waals surface area contributed by atoms with Crippen LogP contribution in [-0.2, 0) is 13.1 Å². The van der Waals surface area contributed by atoms with Crippen molar-refractivity contribution in [1.29, 1.82) is 0 Å². The van der Waals surface area contributed by atoms with Gasteiger partial charge >= 0.3 is 0 Å². The van der Waals surface area contributed by atoms with Crippen molar-refractivity contribution in [2.45, 2.75) is 45.8 Å². The maximum Gasteiger partial charge on any atom is 0.141 e. The largest absolute Gasteiger partial charge is 0.287 e. The standard InChI is InChI=1S/C14H22N6/c1-11(2)8-20-14(15-10-17-20)9-19-7-3-4-13(19)12-5-6-16-18-12/h5-6,10-11,13H,3-4,7-9H2,1-2H3,(H,16,18)/t13-/m1/s1. The third-order valence-corrected chi connectivity index (χ3v) is 3.82. The van der Waals surface area contributed by atoms with Gasteiger partial charge in [0.05, 0.1) is 18.3 Å². The second kappa shape index (κ2) is 5.75. The fraction of sp³-hybridized carbons (Fsp3) is 0.643. The second-order valence-electron chi connectivity index (χ2n) is 5.89. The summed E-state index contributed by atoms with van der Waals surface area (Å²) in [7, 11) is 0. The van der Waals surface area contributed by atoms with Gasteiger partial charge in [-0.3, -0.25) is 10.00 Å². The molecule has 0 aliphatic carbocycles. The van der Waals surface area contributed by atoms with Crippen LogP contribution in [-0.4, -0.2) is 36.4 Å². The minimum atomic E-state index is 0.432. The SMILES string of the molecule is CC(C)Cn1ncnc1CN1CCC[C@@H]1c1ccn[nH]1. The number of hydrogen-bond acceptors (Lipinski definition) is 4. The molecular weight excluding hydrogens is 252 g/mol. The molecule has 0 saturated carbocycles. The number of rotatable bonds is 5.